The number of piperazine rings is 1. The molecule has 2 saturated carbocycles. The molecule has 3 fully saturated rings. The SMILES string of the molecule is CC(=NC1(C(=O)NCCC2CC2)CC1)N1CCN(C(=O)c2ccccc2Cl)CC1. The molecule has 1 aromatic carbocycles. The Morgan fingerprint density at radius 3 is 2.41 bits per heavy atom. The van der Waals surface area contributed by atoms with Crippen molar-refractivity contribution in [2.75, 3.05) is 32.7 Å². The fraction of sp³-hybridized carbons (Fsp3) is 0.591. The summed E-state index contributed by atoms with van der Waals surface area (Å²) in [4.78, 5) is 34.1. The van der Waals surface area contributed by atoms with Crippen LogP contribution >= 0.6 is 11.6 Å². The fourth-order valence-corrected chi connectivity index (χ4v) is 4.10. The quantitative estimate of drug-likeness (QED) is 0.572. The highest BCUT2D eigenvalue weighted by atomic mass is 35.5. The van der Waals surface area contributed by atoms with E-state index < -0.39 is 5.54 Å². The number of hydrogen-bond acceptors (Lipinski definition) is 3. The number of rotatable bonds is 6. The largest absolute Gasteiger partial charge is 0.357 e. The van der Waals surface area contributed by atoms with E-state index in [1.165, 1.54) is 12.8 Å². The number of amidine groups is 1. The molecule has 6 nitrogen and oxygen atoms in total. The zero-order chi connectivity index (χ0) is 20.4. The first-order valence-corrected chi connectivity index (χ1v) is 11.0. The Balaban J connectivity index is 1.30. The van der Waals surface area contributed by atoms with Crippen LogP contribution in [0.2, 0.25) is 5.02 Å². The van der Waals surface area contributed by atoms with Gasteiger partial charge in [-0.05, 0) is 44.2 Å². The summed E-state index contributed by atoms with van der Waals surface area (Å²) in [5, 5.41) is 3.57. The summed E-state index contributed by atoms with van der Waals surface area (Å²) in [6.45, 7) is 5.41. The summed E-state index contributed by atoms with van der Waals surface area (Å²) in [6.07, 6.45) is 5.35. The van der Waals surface area contributed by atoms with Crippen LogP contribution in [0.1, 0.15) is 49.4 Å². The first kappa shape index (κ1) is 20.2. The topological polar surface area (TPSA) is 65.0 Å². The van der Waals surface area contributed by atoms with Gasteiger partial charge in [0.25, 0.3) is 5.91 Å². The minimum Gasteiger partial charge on any atom is -0.357 e. The molecule has 1 saturated heterocycles. The Hall–Kier alpha value is -2.08. The number of benzene rings is 1. The molecule has 2 aliphatic carbocycles. The summed E-state index contributed by atoms with van der Waals surface area (Å²) in [5.41, 5.74) is -0.00849. The van der Waals surface area contributed by atoms with Crippen molar-refractivity contribution in [1.29, 1.82) is 0 Å². The molecule has 1 heterocycles. The highest BCUT2D eigenvalue weighted by Gasteiger charge is 2.50. The van der Waals surface area contributed by atoms with E-state index in [2.05, 4.69) is 10.2 Å². The number of nitrogens with one attached hydrogen (secondary N) is 1. The van der Waals surface area contributed by atoms with Gasteiger partial charge in [0.1, 0.15) is 5.54 Å². The molecule has 1 N–H and O–H groups in total. The summed E-state index contributed by atoms with van der Waals surface area (Å²) in [7, 11) is 0. The van der Waals surface area contributed by atoms with Crippen LogP contribution in [-0.4, -0.2) is 65.7 Å². The summed E-state index contributed by atoms with van der Waals surface area (Å²) in [6, 6.07) is 7.17. The zero-order valence-electron chi connectivity index (χ0n) is 17.0. The van der Waals surface area contributed by atoms with Crippen LogP contribution < -0.4 is 5.32 Å². The van der Waals surface area contributed by atoms with Gasteiger partial charge in [0.2, 0.25) is 5.91 Å². The number of hydrogen-bond donors (Lipinski definition) is 1. The van der Waals surface area contributed by atoms with Gasteiger partial charge in [-0.3, -0.25) is 14.6 Å². The van der Waals surface area contributed by atoms with Crippen molar-refractivity contribution in [3.8, 4) is 0 Å². The van der Waals surface area contributed by atoms with Crippen molar-refractivity contribution < 1.29 is 9.59 Å². The Bertz CT molecular complexity index is 809. The molecule has 2 amide bonds. The molecular formula is C22H29ClN4O2. The third-order valence-electron chi connectivity index (χ3n) is 6.19. The summed E-state index contributed by atoms with van der Waals surface area (Å²) >= 11 is 6.17. The molecule has 7 heteroatoms. The van der Waals surface area contributed by atoms with Gasteiger partial charge in [0, 0.05) is 32.7 Å². The van der Waals surface area contributed by atoms with E-state index in [4.69, 9.17) is 16.6 Å². The molecule has 0 bridgehead atoms. The fourth-order valence-electron chi connectivity index (χ4n) is 3.89. The van der Waals surface area contributed by atoms with Crippen LogP contribution in [-0.2, 0) is 4.79 Å². The van der Waals surface area contributed by atoms with Gasteiger partial charge in [-0.15, -0.1) is 0 Å². The normalized spacial score (nSPS) is 21.1. The number of aliphatic imine (C=N–C) groups is 1. The summed E-state index contributed by atoms with van der Waals surface area (Å²) in [5.74, 6) is 1.76. The molecule has 0 unspecified atom stereocenters. The maximum atomic E-state index is 12.7. The van der Waals surface area contributed by atoms with Crippen LogP contribution in [0.15, 0.2) is 29.3 Å². The Morgan fingerprint density at radius 1 is 1.14 bits per heavy atom. The van der Waals surface area contributed by atoms with E-state index >= 15 is 0 Å². The van der Waals surface area contributed by atoms with Gasteiger partial charge in [0.15, 0.2) is 0 Å². The van der Waals surface area contributed by atoms with E-state index in [9.17, 15) is 9.59 Å². The number of carbonyl (C=O) groups excluding carboxylic acids is 2. The lowest BCUT2D eigenvalue weighted by Gasteiger charge is -2.36. The molecule has 0 spiro atoms. The van der Waals surface area contributed by atoms with E-state index in [1.54, 1.807) is 12.1 Å². The first-order valence-electron chi connectivity index (χ1n) is 10.6. The minimum atomic E-state index is -0.557. The van der Waals surface area contributed by atoms with Crippen molar-refractivity contribution in [1.82, 2.24) is 15.1 Å². The lowest BCUT2D eigenvalue weighted by molar-refractivity contribution is -0.123. The molecule has 1 aliphatic heterocycles. The van der Waals surface area contributed by atoms with Gasteiger partial charge in [-0.25, -0.2) is 0 Å². The third kappa shape index (κ3) is 4.74. The van der Waals surface area contributed by atoms with Crippen molar-refractivity contribution >= 4 is 29.3 Å². The van der Waals surface area contributed by atoms with Crippen LogP contribution in [0.25, 0.3) is 0 Å². The molecule has 29 heavy (non-hydrogen) atoms. The molecule has 0 radical (unpaired) electrons. The first-order chi connectivity index (χ1) is 14.0. The maximum absolute atomic E-state index is 12.7. The van der Waals surface area contributed by atoms with Crippen molar-refractivity contribution in [3.63, 3.8) is 0 Å². The maximum Gasteiger partial charge on any atom is 0.255 e. The second kappa shape index (κ2) is 8.34. The number of carbonyl (C=O) groups is 2. The Labute approximate surface area is 177 Å². The molecule has 156 valence electrons. The van der Waals surface area contributed by atoms with Crippen molar-refractivity contribution in [3.05, 3.63) is 34.9 Å². The lowest BCUT2D eigenvalue weighted by Crippen LogP contribution is -2.50. The molecule has 3 aliphatic rings. The van der Waals surface area contributed by atoms with Gasteiger partial charge in [-0.1, -0.05) is 36.6 Å². The van der Waals surface area contributed by atoms with Crippen molar-refractivity contribution in [2.24, 2.45) is 10.9 Å². The predicted octanol–water partition coefficient (Wildman–Crippen LogP) is 2.97. The molecular weight excluding hydrogens is 388 g/mol. The molecule has 1 aromatic rings. The summed E-state index contributed by atoms with van der Waals surface area (Å²) < 4.78 is 0. The number of halogens is 1. The second-order valence-electron chi connectivity index (χ2n) is 8.44. The smallest absolute Gasteiger partial charge is 0.255 e. The van der Waals surface area contributed by atoms with Crippen LogP contribution in [0.4, 0.5) is 0 Å². The van der Waals surface area contributed by atoms with E-state index in [0.29, 0.717) is 36.8 Å². The highest BCUT2D eigenvalue weighted by molar-refractivity contribution is 6.33. The minimum absolute atomic E-state index is 0.0291. The highest BCUT2D eigenvalue weighted by Crippen LogP contribution is 2.40. The van der Waals surface area contributed by atoms with Crippen molar-refractivity contribution in [2.45, 2.75) is 44.6 Å². The van der Waals surface area contributed by atoms with Gasteiger partial charge in [0.05, 0.1) is 16.4 Å². The van der Waals surface area contributed by atoms with E-state index in [1.807, 2.05) is 24.0 Å². The average molecular weight is 417 g/mol. The van der Waals surface area contributed by atoms with Gasteiger partial charge in [-0.2, -0.15) is 0 Å². The van der Waals surface area contributed by atoms with Crippen LogP contribution in [0, 0.1) is 5.92 Å². The average Bonchev–Trinajstić information content (AvgIpc) is 3.65. The van der Waals surface area contributed by atoms with Gasteiger partial charge >= 0.3 is 0 Å². The number of nitrogens with zero attached hydrogens (tertiary/aromatic N) is 3. The lowest BCUT2D eigenvalue weighted by atomic mass is 10.1. The second-order valence-corrected chi connectivity index (χ2v) is 8.84. The molecule has 4 rings (SSSR count). The Morgan fingerprint density at radius 2 is 1.79 bits per heavy atom. The standard InChI is InChI=1S/C22H29ClN4O2/c1-16(25-22(9-10-22)21(29)24-11-8-17-6-7-17)26-12-14-27(15-13-26)20(28)18-4-2-3-5-19(18)23/h2-5,17H,6-15H2,1H3,(H,24,29). The predicted molar refractivity (Wildman–Crippen MR) is 114 cm³/mol. The van der Waals surface area contributed by atoms with Crippen LogP contribution in [0.3, 0.4) is 0 Å². The molecule has 0 aromatic heterocycles. The Kier molecular flexibility index (Phi) is 5.81. The number of amides is 2. The monoisotopic (exact) mass is 416 g/mol. The third-order valence-corrected chi connectivity index (χ3v) is 6.52. The van der Waals surface area contributed by atoms with E-state index in [-0.39, 0.29) is 11.8 Å². The molecule has 0 atom stereocenters. The van der Waals surface area contributed by atoms with E-state index in [0.717, 1.165) is 37.6 Å². The van der Waals surface area contributed by atoms with Gasteiger partial charge < -0.3 is 15.1 Å². The van der Waals surface area contributed by atoms with Crippen LogP contribution in [0.5, 0.6) is 0 Å². The zero-order valence-corrected chi connectivity index (χ0v) is 17.7.